The molecule has 0 saturated heterocycles. The van der Waals surface area contributed by atoms with Gasteiger partial charge >= 0.3 is 24.2 Å². The molecule has 0 fully saturated rings. The van der Waals surface area contributed by atoms with Gasteiger partial charge in [0, 0.05) is 11.4 Å². The monoisotopic (exact) mass is 469 g/mol. The van der Waals surface area contributed by atoms with E-state index >= 15 is 0 Å². The van der Waals surface area contributed by atoms with Gasteiger partial charge in [0.1, 0.15) is 0 Å². The highest BCUT2D eigenvalue weighted by atomic mass is 19.4. The fourth-order valence-corrected chi connectivity index (χ4v) is 3.78. The minimum atomic E-state index is -4.77. The lowest BCUT2D eigenvalue weighted by molar-refractivity contribution is -0.142. The van der Waals surface area contributed by atoms with Crippen molar-refractivity contribution in [2.45, 2.75) is 46.7 Å². The number of hydrogen-bond acceptors (Lipinski definition) is 6. The molecule has 1 aromatic rings. The van der Waals surface area contributed by atoms with Crippen LogP contribution in [0.3, 0.4) is 0 Å². The van der Waals surface area contributed by atoms with E-state index in [0.717, 1.165) is 11.0 Å². The van der Waals surface area contributed by atoms with Crippen LogP contribution in [-0.2, 0) is 30.0 Å². The third-order valence-corrected chi connectivity index (χ3v) is 5.05. The zero-order chi connectivity index (χ0) is 24.9. The van der Waals surface area contributed by atoms with Gasteiger partial charge in [-0.1, -0.05) is 18.2 Å². The van der Waals surface area contributed by atoms with Gasteiger partial charge in [-0.2, -0.15) is 13.2 Å². The first-order chi connectivity index (χ1) is 15.5. The van der Waals surface area contributed by atoms with Crippen LogP contribution in [0.25, 0.3) is 0 Å². The maximum atomic E-state index is 13.9. The standard InChI is InChI=1S/C23H26F3NO6/c1-6-31-20(28)17-13(4)27(22(30)33-8-3)14(5)18(21(29)32-7-2)19(17)15-11-9-10-12-16(15)23(24,25)26/h9-12,19H,6-8H2,1-5H3. The van der Waals surface area contributed by atoms with E-state index in [1.54, 1.807) is 6.92 Å². The van der Waals surface area contributed by atoms with E-state index in [0.29, 0.717) is 0 Å². The average Bonchev–Trinajstić information content (AvgIpc) is 2.73. The molecule has 0 atom stereocenters. The fraction of sp³-hybridized carbons (Fsp3) is 0.435. The normalized spacial score (nSPS) is 15.0. The quantitative estimate of drug-likeness (QED) is 0.434. The predicted molar refractivity (Wildman–Crippen MR) is 112 cm³/mol. The number of ether oxygens (including phenoxy) is 3. The van der Waals surface area contributed by atoms with Crippen molar-refractivity contribution in [2.75, 3.05) is 19.8 Å². The number of benzene rings is 1. The van der Waals surface area contributed by atoms with Crippen molar-refractivity contribution in [1.29, 1.82) is 0 Å². The van der Waals surface area contributed by atoms with Crippen molar-refractivity contribution in [1.82, 2.24) is 4.90 Å². The van der Waals surface area contributed by atoms with Crippen molar-refractivity contribution in [2.24, 2.45) is 0 Å². The zero-order valence-electron chi connectivity index (χ0n) is 19.0. The second kappa shape index (κ2) is 10.5. The summed E-state index contributed by atoms with van der Waals surface area (Å²) in [6, 6.07) is 4.63. The van der Waals surface area contributed by atoms with Gasteiger partial charge in [-0.3, -0.25) is 4.90 Å². The number of halogens is 3. The second-order valence-corrected chi connectivity index (χ2v) is 6.99. The molecule has 180 valence electrons. The highest BCUT2D eigenvalue weighted by Gasteiger charge is 2.46. The topological polar surface area (TPSA) is 82.1 Å². The molecule has 0 bridgehead atoms. The van der Waals surface area contributed by atoms with Gasteiger partial charge in [0.05, 0.1) is 42.4 Å². The van der Waals surface area contributed by atoms with E-state index < -0.39 is 35.7 Å². The van der Waals surface area contributed by atoms with Crippen LogP contribution in [0.2, 0.25) is 0 Å². The Hall–Kier alpha value is -3.30. The number of carbonyl (C=O) groups excluding carboxylic acids is 3. The summed E-state index contributed by atoms with van der Waals surface area (Å²) in [5, 5.41) is 0. The van der Waals surface area contributed by atoms with Gasteiger partial charge in [-0.25, -0.2) is 14.4 Å². The van der Waals surface area contributed by atoms with Crippen molar-refractivity contribution in [3.8, 4) is 0 Å². The van der Waals surface area contributed by atoms with Gasteiger partial charge in [-0.15, -0.1) is 0 Å². The molecule has 7 nitrogen and oxygen atoms in total. The van der Waals surface area contributed by atoms with E-state index in [1.165, 1.54) is 45.9 Å². The summed E-state index contributed by atoms with van der Waals surface area (Å²) in [4.78, 5) is 39.7. The Morgan fingerprint density at radius 2 is 1.30 bits per heavy atom. The number of alkyl halides is 3. The zero-order valence-corrected chi connectivity index (χ0v) is 19.0. The highest BCUT2D eigenvalue weighted by molar-refractivity contribution is 6.01. The molecule has 0 N–H and O–H groups in total. The van der Waals surface area contributed by atoms with Crippen LogP contribution in [0.4, 0.5) is 18.0 Å². The maximum absolute atomic E-state index is 13.9. The molecular formula is C23H26F3NO6. The Morgan fingerprint density at radius 1 is 0.848 bits per heavy atom. The fourth-order valence-electron chi connectivity index (χ4n) is 3.78. The number of rotatable bonds is 6. The first-order valence-electron chi connectivity index (χ1n) is 10.4. The lowest BCUT2D eigenvalue weighted by Gasteiger charge is -2.36. The van der Waals surface area contributed by atoms with Crippen LogP contribution in [0.15, 0.2) is 46.8 Å². The van der Waals surface area contributed by atoms with Crippen LogP contribution in [0.5, 0.6) is 0 Å². The molecule has 0 aromatic heterocycles. The Balaban J connectivity index is 2.94. The molecule has 10 heteroatoms. The minimum Gasteiger partial charge on any atom is -0.463 e. The first-order valence-corrected chi connectivity index (χ1v) is 10.4. The molecule has 0 saturated carbocycles. The summed E-state index contributed by atoms with van der Waals surface area (Å²) in [7, 11) is 0. The minimum absolute atomic E-state index is 0.000289. The molecule has 1 heterocycles. The molecule has 1 aromatic carbocycles. The van der Waals surface area contributed by atoms with E-state index in [4.69, 9.17) is 14.2 Å². The van der Waals surface area contributed by atoms with Gasteiger partial charge in [0.15, 0.2) is 0 Å². The van der Waals surface area contributed by atoms with Crippen LogP contribution < -0.4 is 0 Å². The van der Waals surface area contributed by atoms with Crippen LogP contribution >= 0.6 is 0 Å². The number of hydrogen-bond donors (Lipinski definition) is 0. The number of carbonyl (C=O) groups is 3. The molecular weight excluding hydrogens is 443 g/mol. The molecule has 0 aliphatic carbocycles. The number of esters is 2. The van der Waals surface area contributed by atoms with Crippen molar-refractivity contribution >= 4 is 18.0 Å². The Morgan fingerprint density at radius 3 is 1.73 bits per heavy atom. The lowest BCUT2D eigenvalue weighted by Crippen LogP contribution is -2.39. The van der Waals surface area contributed by atoms with Crippen molar-refractivity contribution < 1.29 is 41.8 Å². The Kier molecular flexibility index (Phi) is 8.29. The maximum Gasteiger partial charge on any atom is 0.418 e. The van der Waals surface area contributed by atoms with Crippen LogP contribution in [0, 0.1) is 0 Å². The SMILES string of the molecule is CCOC(=O)C1=C(C)N(C(=O)OCC)C(C)=C(C(=O)OCC)C1c1ccccc1C(F)(F)F. The van der Waals surface area contributed by atoms with Crippen molar-refractivity contribution in [3.05, 3.63) is 57.9 Å². The Labute approximate surface area is 189 Å². The molecule has 2 rings (SSSR count). The number of amides is 1. The molecule has 1 amide bonds. The predicted octanol–water partition coefficient (Wildman–Crippen LogP) is 4.94. The second-order valence-electron chi connectivity index (χ2n) is 6.99. The van der Waals surface area contributed by atoms with E-state index in [9.17, 15) is 27.6 Å². The third-order valence-electron chi connectivity index (χ3n) is 5.05. The molecule has 1 aliphatic heterocycles. The van der Waals surface area contributed by atoms with Gasteiger partial charge in [-0.05, 0) is 46.2 Å². The van der Waals surface area contributed by atoms with Gasteiger partial charge in [0.25, 0.3) is 0 Å². The summed E-state index contributed by atoms with van der Waals surface area (Å²) in [5.74, 6) is -3.40. The molecule has 0 unspecified atom stereocenters. The third kappa shape index (κ3) is 5.20. The summed E-state index contributed by atoms with van der Waals surface area (Å²) in [6.45, 7) is 7.27. The molecule has 1 aliphatic rings. The largest absolute Gasteiger partial charge is 0.463 e. The summed E-state index contributed by atoms with van der Waals surface area (Å²) >= 11 is 0. The van der Waals surface area contributed by atoms with Crippen molar-refractivity contribution in [3.63, 3.8) is 0 Å². The summed E-state index contributed by atoms with van der Waals surface area (Å²) < 4.78 is 57.0. The van der Waals surface area contributed by atoms with Gasteiger partial charge in [0.2, 0.25) is 0 Å². The number of allylic oxidation sites excluding steroid dienone is 2. The average molecular weight is 469 g/mol. The molecule has 0 spiro atoms. The highest BCUT2D eigenvalue weighted by Crippen LogP contribution is 2.46. The number of nitrogens with zero attached hydrogens (tertiary/aromatic N) is 1. The van der Waals surface area contributed by atoms with Crippen LogP contribution in [0.1, 0.15) is 51.7 Å². The Bertz CT molecular complexity index is 954. The summed E-state index contributed by atoms with van der Waals surface area (Å²) in [5.41, 5.74) is -1.92. The van der Waals surface area contributed by atoms with E-state index in [2.05, 4.69) is 0 Å². The van der Waals surface area contributed by atoms with Crippen LogP contribution in [-0.4, -0.2) is 42.8 Å². The lowest BCUT2D eigenvalue weighted by atomic mass is 9.78. The van der Waals surface area contributed by atoms with E-state index in [1.807, 2.05) is 0 Å². The smallest absolute Gasteiger partial charge is 0.418 e. The van der Waals surface area contributed by atoms with Gasteiger partial charge < -0.3 is 14.2 Å². The first kappa shape index (κ1) is 26.0. The van der Waals surface area contributed by atoms with E-state index in [-0.39, 0.29) is 47.9 Å². The molecule has 33 heavy (non-hydrogen) atoms. The summed E-state index contributed by atoms with van der Waals surface area (Å²) in [6.07, 6.45) is -5.66. The molecule has 0 radical (unpaired) electrons.